The summed E-state index contributed by atoms with van der Waals surface area (Å²) < 4.78 is 25.9. The molecule has 1 aliphatic rings. The predicted molar refractivity (Wildman–Crippen MR) is 232 cm³/mol. The molecule has 300 valence electrons. The number of hydrogen-bond donors (Lipinski definition) is 0. The molecule has 9 heteroatoms. The molecule has 1 fully saturated rings. The van der Waals surface area contributed by atoms with E-state index in [4.69, 9.17) is 18.3 Å². The highest BCUT2D eigenvalue weighted by atomic mass is 28.4. The number of ether oxygens (including phenoxy) is 2. The van der Waals surface area contributed by atoms with Gasteiger partial charge in [0.15, 0.2) is 8.32 Å². The second-order valence-electron chi connectivity index (χ2n) is 18.7. The van der Waals surface area contributed by atoms with E-state index in [1.54, 1.807) is 4.90 Å². The highest BCUT2D eigenvalue weighted by Crippen LogP contribution is 2.42. The molecule has 0 bridgehead atoms. The lowest BCUT2D eigenvalue weighted by Gasteiger charge is -2.43. The van der Waals surface area contributed by atoms with Gasteiger partial charge in [-0.2, -0.15) is 0 Å². The lowest BCUT2D eigenvalue weighted by atomic mass is 9.96. The number of nitrogens with zero attached hydrogens (tertiary/aromatic N) is 1. The Morgan fingerprint density at radius 3 is 1.66 bits per heavy atom. The van der Waals surface area contributed by atoms with Gasteiger partial charge in [-0.25, -0.2) is 4.79 Å². The fourth-order valence-electron chi connectivity index (χ4n) is 7.48. The maximum absolute atomic E-state index is 13.7. The Morgan fingerprint density at radius 2 is 1.21 bits per heavy atom. The third kappa shape index (κ3) is 9.91. The van der Waals surface area contributed by atoms with Crippen molar-refractivity contribution in [1.29, 1.82) is 0 Å². The zero-order valence-corrected chi connectivity index (χ0v) is 37.6. The summed E-state index contributed by atoms with van der Waals surface area (Å²) in [5, 5.41) is 2.41. The molecule has 0 spiro atoms. The molecule has 1 amide bonds. The van der Waals surface area contributed by atoms with Crippen LogP contribution in [0.1, 0.15) is 92.9 Å². The van der Waals surface area contributed by atoms with Crippen molar-refractivity contribution in [3.05, 3.63) is 120 Å². The van der Waals surface area contributed by atoms with Crippen molar-refractivity contribution >= 4 is 39.1 Å². The highest BCUT2D eigenvalue weighted by Gasteiger charge is 2.50. The lowest BCUT2D eigenvalue weighted by molar-refractivity contribution is -0.150. The molecular formula is C47H63NO6Si2. The zero-order valence-electron chi connectivity index (χ0n) is 35.6. The molecule has 5 rings (SSSR count). The Labute approximate surface area is 338 Å². The maximum atomic E-state index is 13.7. The van der Waals surface area contributed by atoms with Gasteiger partial charge in [0, 0.05) is 13.5 Å². The van der Waals surface area contributed by atoms with E-state index in [2.05, 4.69) is 152 Å². The van der Waals surface area contributed by atoms with Crippen molar-refractivity contribution in [2.45, 2.75) is 129 Å². The van der Waals surface area contributed by atoms with Crippen molar-refractivity contribution in [3.63, 3.8) is 0 Å². The van der Waals surface area contributed by atoms with Crippen LogP contribution in [0, 0.1) is 0 Å². The van der Waals surface area contributed by atoms with Crippen LogP contribution in [0.4, 0.5) is 4.79 Å². The van der Waals surface area contributed by atoms with E-state index in [1.807, 2.05) is 32.9 Å². The topological polar surface area (TPSA) is 74.3 Å². The van der Waals surface area contributed by atoms with Gasteiger partial charge >= 0.3 is 12.1 Å². The summed E-state index contributed by atoms with van der Waals surface area (Å²) in [6.45, 7) is 25.8. The molecular weight excluding hydrogens is 731 g/mol. The van der Waals surface area contributed by atoms with E-state index >= 15 is 0 Å². The molecule has 3 atom stereocenters. The molecule has 7 nitrogen and oxygen atoms in total. The smallest absolute Gasteiger partial charge is 0.410 e. The summed E-state index contributed by atoms with van der Waals surface area (Å²) in [6.07, 6.45) is -0.798. The number of carbonyl (C=O) groups is 2. The second-order valence-corrected chi connectivity index (χ2v) is 27.8. The molecule has 0 N–H and O–H groups in total. The van der Waals surface area contributed by atoms with Crippen LogP contribution in [-0.2, 0) is 29.7 Å². The summed E-state index contributed by atoms with van der Waals surface area (Å²) >= 11 is 0. The van der Waals surface area contributed by atoms with Crippen molar-refractivity contribution in [1.82, 2.24) is 4.90 Å². The van der Waals surface area contributed by atoms with Crippen LogP contribution < -0.4 is 10.4 Å². The van der Waals surface area contributed by atoms with E-state index in [0.29, 0.717) is 19.6 Å². The van der Waals surface area contributed by atoms with Gasteiger partial charge in [-0.05, 0) is 83.0 Å². The minimum atomic E-state index is -2.67. The average molecular weight is 794 g/mol. The van der Waals surface area contributed by atoms with Crippen LogP contribution in [-0.4, -0.2) is 57.9 Å². The van der Waals surface area contributed by atoms with Crippen LogP contribution >= 0.6 is 0 Å². The normalized spacial score (nSPS) is 17.4. The molecule has 3 unspecified atom stereocenters. The number of amides is 1. The minimum absolute atomic E-state index is 0.00123. The molecule has 1 aliphatic heterocycles. The zero-order chi connectivity index (χ0) is 41.1. The molecule has 1 heterocycles. The van der Waals surface area contributed by atoms with E-state index < -0.39 is 46.4 Å². The van der Waals surface area contributed by atoms with E-state index in [1.165, 1.54) is 17.3 Å². The first-order chi connectivity index (χ1) is 26.1. The van der Waals surface area contributed by atoms with Crippen LogP contribution in [0.3, 0.4) is 0 Å². The fourth-order valence-corrected chi connectivity index (χ4v) is 13.4. The number of benzene rings is 4. The number of rotatable bonds is 11. The Balaban J connectivity index is 1.39. The van der Waals surface area contributed by atoms with Crippen LogP contribution in [0.15, 0.2) is 109 Å². The SMILES string of the molecule is CC(=O)OC(c1ccc(-c2ccc(CO[Si](c3ccccc3)(c3ccccc3)C(C)(C)C)cc2)cc1)C1CC(O[Si](C)(C)C(C)(C)C)CN1C(=O)OC(C)(C)C. The van der Waals surface area contributed by atoms with Gasteiger partial charge in [-0.3, -0.25) is 9.69 Å². The van der Waals surface area contributed by atoms with E-state index in [-0.39, 0.29) is 16.2 Å². The first kappa shape index (κ1) is 43.1. The van der Waals surface area contributed by atoms with Crippen molar-refractivity contribution in [2.24, 2.45) is 0 Å². The maximum Gasteiger partial charge on any atom is 0.410 e. The largest absolute Gasteiger partial charge is 0.455 e. The molecule has 4 aromatic carbocycles. The molecule has 0 aliphatic carbocycles. The number of carbonyl (C=O) groups excluding carboxylic acids is 2. The summed E-state index contributed by atoms with van der Waals surface area (Å²) in [6, 6.07) is 37.6. The summed E-state index contributed by atoms with van der Waals surface area (Å²) in [4.78, 5) is 28.0. The number of hydrogen-bond acceptors (Lipinski definition) is 6. The highest BCUT2D eigenvalue weighted by molar-refractivity contribution is 6.99. The van der Waals surface area contributed by atoms with Crippen molar-refractivity contribution < 1.29 is 27.9 Å². The van der Waals surface area contributed by atoms with Gasteiger partial charge in [-0.1, -0.05) is 151 Å². The summed E-state index contributed by atoms with van der Waals surface area (Å²) in [7, 11) is -4.83. The Bertz CT molecular complexity index is 1870. The molecule has 0 aromatic heterocycles. The lowest BCUT2D eigenvalue weighted by Crippen LogP contribution is -2.66. The third-order valence-electron chi connectivity index (χ3n) is 11.2. The van der Waals surface area contributed by atoms with Gasteiger partial charge in [0.05, 0.1) is 18.8 Å². The summed E-state index contributed by atoms with van der Waals surface area (Å²) in [5.74, 6) is -0.409. The Hall–Kier alpha value is -4.03. The fraction of sp³-hybridized carbons (Fsp3) is 0.447. The van der Waals surface area contributed by atoms with Crippen LogP contribution in [0.5, 0.6) is 0 Å². The Morgan fingerprint density at radius 1 is 0.714 bits per heavy atom. The van der Waals surface area contributed by atoms with Gasteiger partial charge < -0.3 is 18.3 Å². The first-order valence-corrected chi connectivity index (χ1v) is 24.7. The molecule has 0 saturated carbocycles. The van der Waals surface area contributed by atoms with Crippen LogP contribution in [0.2, 0.25) is 23.2 Å². The quantitative estimate of drug-likeness (QED) is 0.111. The van der Waals surface area contributed by atoms with E-state index in [9.17, 15) is 9.59 Å². The average Bonchev–Trinajstić information content (AvgIpc) is 3.53. The molecule has 0 radical (unpaired) electrons. The van der Waals surface area contributed by atoms with Gasteiger partial charge in [-0.15, -0.1) is 0 Å². The van der Waals surface area contributed by atoms with E-state index in [0.717, 1.165) is 22.3 Å². The van der Waals surface area contributed by atoms with Crippen LogP contribution in [0.25, 0.3) is 11.1 Å². The Kier molecular flexibility index (Phi) is 13.0. The number of likely N-dealkylation sites (tertiary alicyclic amines) is 1. The first-order valence-electron chi connectivity index (χ1n) is 19.9. The monoisotopic (exact) mass is 793 g/mol. The van der Waals surface area contributed by atoms with Gasteiger partial charge in [0.1, 0.15) is 11.7 Å². The third-order valence-corrected chi connectivity index (χ3v) is 20.8. The number of esters is 1. The molecule has 1 saturated heterocycles. The molecule has 56 heavy (non-hydrogen) atoms. The van der Waals surface area contributed by atoms with Gasteiger partial charge in [0.2, 0.25) is 0 Å². The van der Waals surface area contributed by atoms with Crippen molar-refractivity contribution in [2.75, 3.05) is 6.54 Å². The second kappa shape index (κ2) is 16.8. The standard InChI is InChI=1S/C47H63NO6Si2/c1-34(49)52-43(42-31-39(54-55(11,12)46(5,6)7)32-48(42)44(50)53-45(2,3)4)38-29-27-37(28-30-38)36-25-23-35(24-26-36)33-51-56(47(8,9)10,40-19-15-13-16-20-40)41-21-17-14-18-22-41/h13-30,39,42-43H,31-33H2,1-12H3. The summed E-state index contributed by atoms with van der Waals surface area (Å²) in [5.41, 5.74) is 3.33. The molecule has 4 aromatic rings. The van der Waals surface area contributed by atoms with Gasteiger partial charge in [0.25, 0.3) is 8.32 Å². The van der Waals surface area contributed by atoms with Crippen molar-refractivity contribution in [3.8, 4) is 11.1 Å². The minimum Gasteiger partial charge on any atom is -0.455 e. The predicted octanol–water partition coefficient (Wildman–Crippen LogP) is 10.4.